The lowest BCUT2D eigenvalue weighted by atomic mass is 9.87. The summed E-state index contributed by atoms with van der Waals surface area (Å²) in [4.78, 5) is 0. The number of aryl methyl sites for hydroxylation is 1. The summed E-state index contributed by atoms with van der Waals surface area (Å²) in [5.41, 5.74) is 2.96. The second kappa shape index (κ2) is 6.40. The summed E-state index contributed by atoms with van der Waals surface area (Å²) in [7, 11) is 0. The fourth-order valence-electron chi connectivity index (χ4n) is 2.80. The molecule has 1 aliphatic heterocycles. The number of rotatable bonds is 2. The molecule has 0 fully saturated rings. The molecule has 0 amide bonds. The Morgan fingerprint density at radius 1 is 1.23 bits per heavy atom. The van der Waals surface area contributed by atoms with E-state index in [1.54, 1.807) is 6.07 Å². The number of aliphatic hydroxyl groups is 1. The Labute approximate surface area is 148 Å². The minimum Gasteiger partial charge on any atom is -0.492 e. The smallest absolute Gasteiger partial charge is 0.139 e. The molecule has 1 aliphatic rings. The number of fused-ring (bicyclic) bond motifs is 1. The molecule has 1 N–H and O–H groups in total. The van der Waals surface area contributed by atoms with E-state index in [4.69, 9.17) is 27.9 Å². The van der Waals surface area contributed by atoms with Crippen LogP contribution in [0.4, 0.5) is 0 Å². The van der Waals surface area contributed by atoms with Crippen LogP contribution in [0.2, 0.25) is 10.0 Å². The minimum atomic E-state index is -0.561. The summed E-state index contributed by atoms with van der Waals surface area (Å²) < 4.78 is 6.74. The van der Waals surface area contributed by atoms with E-state index in [-0.39, 0.29) is 5.92 Å². The molecule has 5 heteroatoms. The van der Waals surface area contributed by atoms with Gasteiger partial charge in [-0.1, -0.05) is 29.3 Å². The maximum atomic E-state index is 10.7. The molecular formula is C17H15BrCl2O2. The van der Waals surface area contributed by atoms with E-state index >= 15 is 0 Å². The Morgan fingerprint density at radius 3 is 2.73 bits per heavy atom. The standard InChI is InChI=1S/C17H15BrCl2O2/c1-9-4-12-16(21)11(8-22-17(12)13(18)5-9)6-10-2-3-14(19)15(20)7-10/h2-5,7,11,16,21H,6,8H2,1H3. The highest BCUT2D eigenvalue weighted by Crippen LogP contribution is 2.42. The molecule has 0 aliphatic carbocycles. The molecule has 2 nitrogen and oxygen atoms in total. The Bertz CT molecular complexity index is 718. The van der Waals surface area contributed by atoms with Gasteiger partial charge in [0.05, 0.1) is 27.2 Å². The zero-order valence-corrected chi connectivity index (χ0v) is 15.0. The van der Waals surface area contributed by atoms with Crippen LogP contribution in [0.1, 0.15) is 22.8 Å². The molecule has 2 atom stereocenters. The summed E-state index contributed by atoms with van der Waals surface area (Å²) in [6.45, 7) is 2.47. The maximum absolute atomic E-state index is 10.7. The number of benzene rings is 2. The van der Waals surface area contributed by atoms with Crippen molar-refractivity contribution in [1.29, 1.82) is 0 Å². The summed E-state index contributed by atoms with van der Waals surface area (Å²) in [6.07, 6.45) is 0.123. The summed E-state index contributed by atoms with van der Waals surface area (Å²) in [5, 5.41) is 11.8. The van der Waals surface area contributed by atoms with Gasteiger partial charge in [0.1, 0.15) is 5.75 Å². The maximum Gasteiger partial charge on any atom is 0.139 e. The van der Waals surface area contributed by atoms with Gasteiger partial charge >= 0.3 is 0 Å². The first-order chi connectivity index (χ1) is 10.5. The van der Waals surface area contributed by atoms with Gasteiger partial charge in [-0.3, -0.25) is 0 Å². The normalized spacial score (nSPS) is 20.4. The summed E-state index contributed by atoms with van der Waals surface area (Å²) >= 11 is 15.5. The molecule has 2 unspecified atom stereocenters. The van der Waals surface area contributed by atoms with E-state index < -0.39 is 6.10 Å². The van der Waals surface area contributed by atoms with Crippen molar-refractivity contribution in [3.8, 4) is 5.75 Å². The molecule has 0 saturated heterocycles. The lowest BCUT2D eigenvalue weighted by Gasteiger charge is -2.31. The zero-order chi connectivity index (χ0) is 15.9. The second-order valence-electron chi connectivity index (χ2n) is 5.63. The van der Waals surface area contributed by atoms with Gasteiger partial charge < -0.3 is 9.84 Å². The van der Waals surface area contributed by atoms with Crippen LogP contribution >= 0.6 is 39.1 Å². The molecule has 0 saturated carbocycles. The fourth-order valence-corrected chi connectivity index (χ4v) is 3.83. The van der Waals surface area contributed by atoms with Crippen molar-refractivity contribution < 1.29 is 9.84 Å². The Balaban J connectivity index is 1.86. The first kappa shape index (κ1) is 16.1. The number of aliphatic hydroxyl groups excluding tert-OH is 1. The Hall–Kier alpha value is -0.740. The fraction of sp³-hybridized carbons (Fsp3) is 0.294. The van der Waals surface area contributed by atoms with E-state index in [9.17, 15) is 5.11 Å². The highest BCUT2D eigenvalue weighted by atomic mass is 79.9. The molecule has 1 heterocycles. The molecule has 0 bridgehead atoms. The van der Waals surface area contributed by atoms with Crippen molar-refractivity contribution in [2.75, 3.05) is 6.61 Å². The van der Waals surface area contributed by atoms with E-state index in [1.807, 2.05) is 31.2 Å². The first-order valence-corrected chi connectivity index (χ1v) is 8.55. The highest BCUT2D eigenvalue weighted by Gasteiger charge is 2.31. The zero-order valence-electron chi connectivity index (χ0n) is 11.9. The lowest BCUT2D eigenvalue weighted by Crippen LogP contribution is -2.28. The van der Waals surface area contributed by atoms with Crippen molar-refractivity contribution >= 4 is 39.1 Å². The molecule has 0 aromatic heterocycles. The largest absolute Gasteiger partial charge is 0.492 e. The number of hydrogen-bond acceptors (Lipinski definition) is 2. The molecule has 0 radical (unpaired) electrons. The molecule has 0 spiro atoms. The SMILES string of the molecule is Cc1cc(Br)c2c(c1)C(O)C(Cc1ccc(Cl)c(Cl)c1)CO2. The van der Waals surface area contributed by atoms with Crippen LogP contribution in [0.25, 0.3) is 0 Å². The third-order valence-corrected chi connectivity index (χ3v) is 5.23. The topological polar surface area (TPSA) is 29.5 Å². The molecule has 22 heavy (non-hydrogen) atoms. The van der Waals surface area contributed by atoms with Crippen LogP contribution in [0.5, 0.6) is 5.75 Å². The average molecular weight is 402 g/mol. The summed E-state index contributed by atoms with van der Waals surface area (Å²) in [5.74, 6) is 0.724. The monoisotopic (exact) mass is 400 g/mol. The van der Waals surface area contributed by atoms with Crippen LogP contribution in [-0.4, -0.2) is 11.7 Å². The Morgan fingerprint density at radius 2 is 2.00 bits per heavy atom. The molecule has 116 valence electrons. The summed E-state index contributed by atoms with van der Waals surface area (Å²) in [6, 6.07) is 9.53. The predicted octanol–water partition coefficient (Wildman–Crippen LogP) is 5.35. The van der Waals surface area contributed by atoms with E-state index in [0.717, 1.165) is 26.9 Å². The third kappa shape index (κ3) is 3.13. The number of ether oxygens (including phenoxy) is 1. The Kier molecular flexibility index (Phi) is 4.69. The predicted molar refractivity (Wildman–Crippen MR) is 93.0 cm³/mol. The van der Waals surface area contributed by atoms with Crippen LogP contribution in [0.15, 0.2) is 34.8 Å². The average Bonchev–Trinajstić information content (AvgIpc) is 2.46. The number of hydrogen-bond donors (Lipinski definition) is 1. The van der Waals surface area contributed by atoms with Gasteiger partial charge in [0.25, 0.3) is 0 Å². The third-order valence-electron chi connectivity index (χ3n) is 3.91. The van der Waals surface area contributed by atoms with Gasteiger partial charge in [-0.2, -0.15) is 0 Å². The minimum absolute atomic E-state index is 0.0153. The molecule has 2 aromatic rings. The van der Waals surface area contributed by atoms with Crippen LogP contribution in [0.3, 0.4) is 0 Å². The highest BCUT2D eigenvalue weighted by molar-refractivity contribution is 9.10. The molecule has 3 rings (SSSR count). The van der Waals surface area contributed by atoms with Gasteiger partial charge in [0.2, 0.25) is 0 Å². The lowest BCUT2D eigenvalue weighted by molar-refractivity contribution is 0.0502. The van der Waals surface area contributed by atoms with Gasteiger partial charge in [-0.25, -0.2) is 0 Å². The molecule has 2 aromatic carbocycles. The van der Waals surface area contributed by atoms with Crippen molar-refractivity contribution in [1.82, 2.24) is 0 Å². The molecular weight excluding hydrogens is 387 g/mol. The van der Waals surface area contributed by atoms with E-state index in [1.165, 1.54) is 0 Å². The van der Waals surface area contributed by atoms with Crippen LogP contribution in [0, 0.1) is 12.8 Å². The van der Waals surface area contributed by atoms with E-state index in [0.29, 0.717) is 23.1 Å². The second-order valence-corrected chi connectivity index (χ2v) is 7.30. The van der Waals surface area contributed by atoms with Crippen molar-refractivity contribution in [2.45, 2.75) is 19.4 Å². The number of halogens is 3. The van der Waals surface area contributed by atoms with Crippen LogP contribution < -0.4 is 4.74 Å². The van der Waals surface area contributed by atoms with Gasteiger partial charge in [-0.05, 0) is 64.7 Å². The van der Waals surface area contributed by atoms with Gasteiger partial charge in [0.15, 0.2) is 0 Å². The van der Waals surface area contributed by atoms with Gasteiger partial charge in [-0.15, -0.1) is 0 Å². The quantitative estimate of drug-likeness (QED) is 0.734. The van der Waals surface area contributed by atoms with Crippen LogP contribution in [-0.2, 0) is 6.42 Å². The van der Waals surface area contributed by atoms with Crippen molar-refractivity contribution in [2.24, 2.45) is 5.92 Å². The van der Waals surface area contributed by atoms with Gasteiger partial charge in [0, 0.05) is 11.5 Å². The van der Waals surface area contributed by atoms with E-state index in [2.05, 4.69) is 15.9 Å². The first-order valence-electron chi connectivity index (χ1n) is 7.00. The van der Waals surface area contributed by atoms with Crippen molar-refractivity contribution in [3.63, 3.8) is 0 Å². The van der Waals surface area contributed by atoms with Crippen molar-refractivity contribution in [3.05, 3.63) is 61.5 Å².